The van der Waals surface area contributed by atoms with Crippen LogP contribution >= 0.6 is 11.3 Å². The molecule has 0 amide bonds. The molecule has 0 aliphatic heterocycles. The maximum Gasteiger partial charge on any atom is 0.291 e. The van der Waals surface area contributed by atoms with E-state index in [1.54, 1.807) is 37.5 Å². The van der Waals surface area contributed by atoms with Crippen molar-refractivity contribution in [3.05, 3.63) is 92.2 Å². The summed E-state index contributed by atoms with van der Waals surface area (Å²) in [5.74, 6) is 2.97. The van der Waals surface area contributed by atoms with Gasteiger partial charge in [0, 0.05) is 17.2 Å². The van der Waals surface area contributed by atoms with Crippen molar-refractivity contribution in [2.75, 3.05) is 13.7 Å². The van der Waals surface area contributed by atoms with E-state index in [2.05, 4.69) is 10.1 Å². The number of Topliss-reactive ketones (excluding diaryl/α,β-unsaturated/α-hetero) is 1. The van der Waals surface area contributed by atoms with E-state index in [1.807, 2.05) is 49.4 Å². The van der Waals surface area contributed by atoms with Gasteiger partial charge in [-0.25, -0.2) is 0 Å². The first-order valence-corrected chi connectivity index (χ1v) is 12.9. The van der Waals surface area contributed by atoms with E-state index < -0.39 is 0 Å². The van der Waals surface area contributed by atoms with E-state index in [-0.39, 0.29) is 11.3 Å². The highest BCUT2D eigenvalue weighted by Gasteiger charge is 2.11. The lowest BCUT2D eigenvalue weighted by molar-refractivity contribution is 0.101. The zero-order valence-electron chi connectivity index (χ0n) is 21.1. The number of carbonyl (C=O) groups excluding carboxylic acids is 1. The highest BCUT2D eigenvalue weighted by Crippen LogP contribution is 2.29. The Morgan fingerprint density at radius 2 is 1.89 bits per heavy atom. The Labute approximate surface area is 222 Å². The fraction of sp³-hybridized carbons (Fsp3) is 0.172. The van der Waals surface area contributed by atoms with Gasteiger partial charge in [-0.1, -0.05) is 54.7 Å². The van der Waals surface area contributed by atoms with Crippen LogP contribution in [0.5, 0.6) is 11.5 Å². The predicted octanol–water partition coefficient (Wildman–Crippen LogP) is 5.13. The first-order chi connectivity index (χ1) is 18.4. The molecule has 0 fully saturated rings. The summed E-state index contributed by atoms with van der Waals surface area (Å²) in [6.45, 7) is 4.20. The molecule has 5 aromatic rings. The third-order valence-corrected chi connectivity index (χ3v) is 6.71. The maximum absolute atomic E-state index is 12.9. The van der Waals surface area contributed by atoms with Gasteiger partial charge < -0.3 is 13.9 Å². The predicted molar refractivity (Wildman–Crippen MR) is 148 cm³/mol. The van der Waals surface area contributed by atoms with Crippen molar-refractivity contribution in [1.29, 1.82) is 0 Å². The van der Waals surface area contributed by atoms with Crippen molar-refractivity contribution in [1.82, 2.24) is 14.6 Å². The number of nitrogens with zero attached hydrogens (tertiary/aromatic N) is 3. The third-order valence-electron chi connectivity index (χ3n) is 5.75. The fourth-order valence-electron chi connectivity index (χ4n) is 3.79. The number of carbonyl (C=O) groups is 1. The van der Waals surface area contributed by atoms with Gasteiger partial charge in [-0.05, 0) is 49.2 Å². The molecule has 9 heteroatoms. The Bertz CT molecular complexity index is 1750. The van der Waals surface area contributed by atoms with E-state index >= 15 is 0 Å². The van der Waals surface area contributed by atoms with Gasteiger partial charge in [-0.3, -0.25) is 9.59 Å². The standard InChI is InChI=1S/C29H25N3O5S/c1-4-15-36-24-12-5-19(16-25(24)35-3)6-14-27-30-29-32(31-27)28(34)26(38-29)17-22-11-13-23(37-22)21-9-7-20(8-10-21)18(2)33/h5-14,16-17H,4,15H2,1-3H3/b14-6+,26-17-. The minimum absolute atomic E-state index is 0.00903. The molecular weight excluding hydrogens is 502 g/mol. The van der Waals surface area contributed by atoms with Crippen LogP contribution in [0.25, 0.3) is 34.5 Å². The van der Waals surface area contributed by atoms with E-state index in [9.17, 15) is 9.59 Å². The Kier molecular flexibility index (Phi) is 7.19. The molecular formula is C29H25N3O5S. The zero-order valence-corrected chi connectivity index (χ0v) is 22.0. The second-order valence-electron chi connectivity index (χ2n) is 8.51. The molecule has 192 valence electrons. The average molecular weight is 528 g/mol. The minimum atomic E-state index is -0.264. The summed E-state index contributed by atoms with van der Waals surface area (Å²) in [7, 11) is 1.60. The molecule has 3 aromatic heterocycles. The summed E-state index contributed by atoms with van der Waals surface area (Å²) in [6, 6.07) is 16.5. The highest BCUT2D eigenvalue weighted by molar-refractivity contribution is 7.15. The summed E-state index contributed by atoms with van der Waals surface area (Å²) in [5.41, 5.74) is 2.11. The second-order valence-corrected chi connectivity index (χ2v) is 9.52. The number of rotatable bonds is 9. The molecule has 0 saturated carbocycles. The molecule has 0 spiro atoms. The number of ether oxygens (including phenoxy) is 2. The maximum atomic E-state index is 12.9. The number of thiazole rings is 1. The number of hydrogen-bond donors (Lipinski definition) is 0. The first-order valence-electron chi connectivity index (χ1n) is 12.1. The number of fused-ring (bicyclic) bond motifs is 1. The SMILES string of the molecule is CCCOc1ccc(/C=C/c2nc3s/c(=C\c4ccc(-c5ccc(C(C)=O)cc5)o4)c(=O)n3n2)cc1OC. The molecule has 3 heterocycles. The minimum Gasteiger partial charge on any atom is -0.493 e. The Morgan fingerprint density at radius 3 is 2.61 bits per heavy atom. The van der Waals surface area contributed by atoms with Crippen LogP contribution in [0.2, 0.25) is 0 Å². The number of furan rings is 1. The molecule has 0 bridgehead atoms. The van der Waals surface area contributed by atoms with Crippen LogP contribution in [0.4, 0.5) is 0 Å². The summed E-state index contributed by atoms with van der Waals surface area (Å²) in [6.07, 6.45) is 6.20. The van der Waals surface area contributed by atoms with Crippen LogP contribution in [0.1, 0.15) is 47.8 Å². The molecule has 0 aliphatic rings. The second kappa shape index (κ2) is 10.9. The van der Waals surface area contributed by atoms with Crippen LogP contribution in [0.3, 0.4) is 0 Å². The number of hydrogen-bond acceptors (Lipinski definition) is 8. The molecule has 0 saturated heterocycles. The quantitative estimate of drug-likeness (QED) is 0.245. The molecule has 0 N–H and O–H groups in total. The number of methoxy groups -OCH3 is 1. The Hall–Kier alpha value is -4.50. The van der Waals surface area contributed by atoms with Crippen LogP contribution in [0, 0.1) is 0 Å². The lowest BCUT2D eigenvalue weighted by Gasteiger charge is -2.10. The van der Waals surface area contributed by atoms with E-state index in [0.717, 1.165) is 17.5 Å². The van der Waals surface area contributed by atoms with Gasteiger partial charge in [0.1, 0.15) is 16.1 Å². The van der Waals surface area contributed by atoms with Gasteiger partial charge in [0.05, 0.1) is 13.7 Å². The lowest BCUT2D eigenvalue weighted by atomic mass is 10.1. The summed E-state index contributed by atoms with van der Waals surface area (Å²) >= 11 is 1.24. The van der Waals surface area contributed by atoms with Gasteiger partial charge in [0.2, 0.25) is 4.96 Å². The summed E-state index contributed by atoms with van der Waals surface area (Å²) in [5, 5.41) is 4.35. The molecule has 8 nitrogen and oxygen atoms in total. The number of ketones is 1. The van der Waals surface area contributed by atoms with Crippen molar-refractivity contribution in [3.8, 4) is 22.8 Å². The van der Waals surface area contributed by atoms with Gasteiger partial charge >= 0.3 is 0 Å². The molecule has 0 unspecified atom stereocenters. The number of benzene rings is 2. The van der Waals surface area contributed by atoms with Crippen LogP contribution in [0.15, 0.2) is 63.8 Å². The highest BCUT2D eigenvalue weighted by atomic mass is 32.1. The molecule has 2 aromatic carbocycles. The smallest absolute Gasteiger partial charge is 0.291 e. The van der Waals surface area contributed by atoms with E-state index in [4.69, 9.17) is 13.9 Å². The molecule has 0 atom stereocenters. The Balaban J connectivity index is 1.35. The molecule has 38 heavy (non-hydrogen) atoms. The fourth-order valence-corrected chi connectivity index (χ4v) is 4.69. The average Bonchev–Trinajstić information content (AvgIpc) is 3.63. The molecule has 0 radical (unpaired) electrons. The van der Waals surface area contributed by atoms with Gasteiger partial charge in [0.25, 0.3) is 5.56 Å². The van der Waals surface area contributed by atoms with Crippen LogP contribution < -0.4 is 19.6 Å². The van der Waals surface area contributed by atoms with Gasteiger partial charge in [-0.2, -0.15) is 9.50 Å². The largest absolute Gasteiger partial charge is 0.493 e. The topological polar surface area (TPSA) is 95.9 Å². The van der Waals surface area contributed by atoms with E-state index in [0.29, 0.717) is 50.5 Å². The summed E-state index contributed by atoms with van der Waals surface area (Å²) < 4.78 is 18.8. The van der Waals surface area contributed by atoms with Crippen molar-refractivity contribution in [3.63, 3.8) is 0 Å². The van der Waals surface area contributed by atoms with Crippen molar-refractivity contribution in [2.24, 2.45) is 0 Å². The van der Waals surface area contributed by atoms with Gasteiger partial charge in [0.15, 0.2) is 23.1 Å². The number of aromatic nitrogens is 3. The zero-order chi connectivity index (χ0) is 26.6. The summed E-state index contributed by atoms with van der Waals surface area (Å²) in [4.78, 5) is 29.4. The normalized spacial score (nSPS) is 12.0. The Morgan fingerprint density at radius 1 is 1.08 bits per heavy atom. The monoisotopic (exact) mass is 527 g/mol. The van der Waals surface area contributed by atoms with Crippen LogP contribution in [-0.2, 0) is 0 Å². The van der Waals surface area contributed by atoms with Gasteiger partial charge in [-0.15, -0.1) is 5.10 Å². The van der Waals surface area contributed by atoms with Crippen molar-refractivity contribution < 1.29 is 18.7 Å². The third kappa shape index (κ3) is 5.28. The molecule has 0 aliphatic carbocycles. The first kappa shape index (κ1) is 25.2. The van der Waals surface area contributed by atoms with E-state index in [1.165, 1.54) is 22.8 Å². The van der Waals surface area contributed by atoms with Crippen LogP contribution in [-0.4, -0.2) is 34.1 Å². The lowest BCUT2D eigenvalue weighted by Crippen LogP contribution is -2.23. The van der Waals surface area contributed by atoms with Crippen molar-refractivity contribution in [2.45, 2.75) is 20.3 Å². The molecule has 5 rings (SSSR count). The van der Waals surface area contributed by atoms with Crippen molar-refractivity contribution >= 4 is 40.3 Å².